The molecule has 0 unspecified atom stereocenters. The van der Waals surface area contributed by atoms with E-state index in [4.69, 9.17) is 4.42 Å². The van der Waals surface area contributed by atoms with Gasteiger partial charge < -0.3 is 4.42 Å². The number of likely N-dealkylation sites (tertiary alicyclic amines) is 1. The van der Waals surface area contributed by atoms with Gasteiger partial charge in [0.2, 0.25) is 11.8 Å². The van der Waals surface area contributed by atoms with Crippen LogP contribution in [0.25, 0.3) is 0 Å². The molecular formula is C15H17NO3. The number of carbonyl (C=O) groups excluding carboxylic acids is 2. The highest BCUT2D eigenvalue weighted by atomic mass is 16.3. The van der Waals surface area contributed by atoms with E-state index in [-0.39, 0.29) is 36.1 Å². The van der Waals surface area contributed by atoms with Crippen molar-refractivity contribution in [3.8, 4) is 0 Å². The Balaban J connectivity index is 1.86. The fraction of sp³-hybridized carbons (Fsp3) is 0.467. The molecule has 1 fully saturated rings. The van der Waals surface area contributed by atoms with Crippen molar-refractivity contribution < 1.29 is 14.0 Å². The quantitative estimate of drug-likeness (QED) is 0.605. The second-order valence-electron chi connectivity index (χ2n) is 5.55. The lowest BCUT2D eigenvalue weighted by Crippen LogP contribution is -2.31. The molecule has 0 spiro atoms. The Hall–Kier alpha value is -1.84. The molecule has 0 bridgehead atoms. The van der Waals surface area contributed by atoms with Gasteiger partial charge in [-0.25, -0.2) is 0 Å². The van der Waals surface area contributed by atoms with Gasteiger partial charge in [0.05, 0.1) is 24.6 Å². The lowest BCUT2D eigenvalue weighted by molar-refractivity contribution is -0.141. The van der Waals surface area contributed by atoms with Gasteiger partial charge in [-0.2, -0.15) is 0 Å². The maximum Gasteiger partial charge on any atom is 0.234 e. The SMILES string of the molecule is CC1=C[C@H](C)[C@@H]2C(=O)N(Cc3ccco3)C(=O)[C@@H]2C1. The summed E-state index contributed by atoms with van der Waals surface area (Å²) in [7, 11) is 0. The summed E-state index contributed by atoms with van der Waals surface area (Å²) >= 11 is 0. The zero-order chi connectivity index (χ0) is 13.6. The molecule has 0 radical (unpaired) electrons. The van der Waals surface area contributed by atoms with Crippen molar-refractivity contribution in [2.75, 3.05) is 0 Å². The molecule has 1 aliphatic heterocycles. The minimum Gasteiger partial charge on any atom is -0.467 e. The number of allylic oxidation sites excluding steroid dienone is 2. The molecule has 100 valence electrons. The number of imide groups is 1. The van der Waals surface area contributed by atoms with Crippen LogP contribution in [0.2, 0.25) is 0 Å². The van der Waals surface area contributed by atoms with Crippen LogP contribution >= 0.6 is 0 Å². The molecule has 2 heterocycles. The van der Waals surface area contributed by atoms with E-state index in [1.807, 2.05) is 13.8 Å². The normalized spacial score (nSPS) is 30.5. The van der Waals surface area contributed by atoms with Crippen molar-refractivity contribution in [2.45, 2.75) is 26.8 Å². The van der Waals surface area contributed by atoms with E-state index in [9.17, 15) is 9.59 Å². The fourth-order valence-corrected chi connectivity index (χ4v) is 3.30. The molecule has 1 aliphatic carbocycles. The third-order valence-corrected chi connectivity index (χ3v) is 4.12. The minimum atomic E-state index is -0.189. The molecule has 1 aromatic heterocycles. The number of fused-ring (bicyclic) bond motifs is 1. The number of furan rings is 1. The van der Waals surface area contributed by atoms with Gasteiger partial charge in [-0.3, -0.25) is 14.5 Å². The second-order valence-corrected chi connectivity index (χ2v) is 5.55. The Morgan fingerprint density at radius 2 is 2.16 bits per heavy atom. The van der Waals surface area contributed by atoms with Gasteiger partial charge in [-0.15, -0.1) is 0 Å². The van der Waals surface area contributed by atoms with Gasteiger partial charge in [-0.1, -0.05) is 18.6 Å². The molecule has 3 rings (SSSR count). The average Bonchev–Trinajstić information content (AvgIpc) is 2.93. The summed E-state index contributed by atoms with van der Waals surface area (Å²) in [6.07, 6.45) is 4.37. The molecule has 2 aliphatic rings. The highest BCUT2D eigenvalue weighted by molar-refractivity contribution is 6.05. The Kier molecular flexibility index (Phi) is 2.81. The first-order valence-electron chi connectivity index (χ1n) is 6.63. The van der Waals surface area contributed by atoms with Gasteiger partial charge in [0.15, 0.2) is 0 Å². The van der Waals surface area contributed by atoms with E-state index in [1.165, 1.54) is 10.5 Å². The smallest absolute Gasteiger partial charge is 0.234 e. The van der Waals surface area contributed by atoms with E-state index >= 15 is 0 Å². The summed E-state index contributed by atoms with van der Waals surface area (Å²) in [6, 6.07) is 3.55. The first kappa shape index (κ1) is 12.2. The largest absolute Gasteiger partial charge is 0.467 e. The van der Waals surface area contributed by atoms with Gasteiger partial charge in [0.25, 0.3) is 0 Å². The lowest BCUT2D eigenvalue weighted by Gasteiger charge is -2.25. The van der Waals surface area contributed by atoms with Crippen molar-refractivity contribution in [1.29, 1.82) is 0 Å². The highest BCUT2D eigenvalue weighted by Crippen LogP contribution is 2.41. The molecule has 2 amide bonds. The monoisotopic (exact) mass is 259 g/mol. The first-order valence-corrected chi connectivity index (χ1v) is 6.63. The summed E-state index contributed by atoms with van der Waals surface area (Å²) < 4.78 is 5.23. The summed E-state index contributed by atoms with van der Waals surface area (Å²) in [4.78, 5) is 26.2. The molecule has 3 atom stereocenters. The Labute approximate surface area is 112 Å². The van der Waals surface area contributed by atoms with Crippen LogP contribution in [-0.4, -0.2) is 16.7 Å². The maximum absolute atomic E-state index is 12.4. The number of amides is 2. The number of carbonyl (C=O) groups is 2. The van der Waals surface area contributed by atoms with Gasteiger partial charge in [0, 0.05) is 0 Å². The lowest BCUT2D eigenvalue weighted by atomic mass is 9.76. The second kappa shape index (κ2) is 4.37. The van der Waals surface area contributed by atoms with Gasteiger partial charge in [0.1, 0.15) is 5.76 Å². The number of hydrogen-bond acceptors (Lipinski definition) is 3. The average molecular weight is 259 g/mol. The Morgan fingerprint density at radius 3 is 2.84 bits per heavy atom. The summed E-state index contributed by atoms with van der Waals surface area (Å²) in [6.45, 7) is 4.30. The summed E-state index contributed by atoms with van der Waals surface area (Å²) in [5.74, 6) is 0.316. The van der Waals surface area contributed by atoms with Crippen LogP contribution in [0.5, 0.6) is 0 Å². The Bertz CT molecular complexity index is 544. The van der Waals surface area contributed by atoms with Crippen molar-refractivity contribution in [3.63, 3.8) is 0 Å². The van der Waals surface area contributed by atoms with E-state index in [0.29, 0.717) is 12.2 Å². The van der Waals surface area contributed by atoms with E-state index in [0.717, 1.165) is 0 Å². The first-order chi connectivity index (χ1) is 9.08. The summed E-state index contributed by atoms with van der Waals surface area (Å²) in [5.41, 5.74) is 1.20. The molecule has 4 heteroatoms. The van der Waals surface area contributed by atoms with Crippen molar-refractivity contribution in [3.05, 3.63) is 35.8 Å². The standard InChI is InChI=1S/C15H17NO3/c1-9-6-10(2)13-12(7-9)14(17)16(15(13)18)8-11-4-3-5-19-11/h3-6,10,12-13H,7-8H2,1-2H3/t10-,12+,13-/m0/s1. The van der Waals surface area contributed by atoms with E-state index in [2.05, 4.69) is 6.08 Å². The van der Waals surface area contributed by atoms with Crippen molar-refractivity contribution in [2.24, 2.45) is 17.8 Å². The third kappa shape index (κ3) is 1.91. The van der Waals surface area contributed by atoms with Gasteiger partial charge >= 0.3 is 0 Å². The Morgan fingerprint density at radius 1 is 1.37 bits per heavy atom. The number of rotatable bonds is 2. The zero-order valence-electron chi connectivity index (χ0n) is 11.1. The molecule has 4 nitrogen and oxygen atoms in total. The van der Waals surface area contributed by atoms with Crippen molar-refractivity contribution >= 4 is 11.8 Å². The van der Waals surface area contributed by atoms with Crippen LogP contribution in [0, 0.1) is 17.8 Å². The predicted octanol–water partition coefficient (Wildman–Crippen LogP) is 2.37. The van der Waals surface area contributed by atoms with Crippen LogP contribution < -0.4 is 0 Å². The minimum absolute atomic E-state index is 0.0503. The molecule has 19 heavy (non-hydrogen) atoms. The molecule has 0 aromatic carbocycles. The zero-order valence-corrected chi connectivity index (χ0v) is 11.1. The molecular weight excluding hydrogens is 242 g/mol. The molecule has 1 saturated heterocycles. The molecule has 0 saturated carbocycles. The van der Waals surface area contributed by atoms with Crippen LogP contribution in [0.1, 0.15) is 26.0 Å². The highest BCUT2D eigenvalue weighted by Gasteiger charge is 2.50. The fourth-order valence-electron chi connectivity index (χ4n) is 3.30. The van der Waals surface area contributed by atoms with Gasteiger partial charge in [-0.05, 0) is 31.4 Å². The maximum atomic E-state index is 12.4. The van der Waals surface area contributed by atoms with Crippen LogP contribution in [-0.2, 0) is 16.1 Å². The topological polar surface area (TPSA) is 50.5 Å². The van der Waals surface area contributed by atoms with Crippen LogP contribution in [0.15, 0.2) is 34.5 Å². The van der Waals surface area contributed by atoms with Crippen molar-refractivity contribution in [1.82, 2.24) is 4.90 Å². The predicted molar refractivity (Wildman–Crippen MR) is 68.8 cm³/mol. The summed E-state index contributed by atoms with van der Waals surface area (Å²) in [5, 5.41) is 0. The molecule has 0 N–H and O–H groups in total. The van der Waals surface area contributed by atoms with E-state index < -0.39 is 0 Å². The number of nitrogens with zero attached hydrogens (tertiary/aromatic N) is 1. The molecule has 1 aromatic rings. The van der Waals surface area contributed by atoms with Crippen LogP contribution in [0.4, 0.5) is 0 Å². The number of hydrogen-bond donors (Lipinski definition) is 0. The van der Waals surface area contributed by atoms with E-state index in [1.54, 1.807) is 18.4 Å². The van der Waals surface area contributed by atoms with Crippen LogP contribution in [0.3, 0.4) is 0 Å². The third-order valence-electron chi connectivity index (χ3n) is 4.12.